The molecule has 2 aromatic heterocycles. The highest BCUT2D eigenvalue weighted by Gasteiger charge is 2.42. The Labute approximate surface area is 204 Å². The first-order valence-electron chi connectivity index (χ1n) is 12.7. The Kier molecular flexibility index (Phi) is 5.56. The average Bonchev–Trinajstić information content (AvgIpc) is 3.49. The standard InChI is InChI=1S/C27H32N6O2/c1-16-22-15-29-27(30-20-5-7-21(8-6-20)32-11-9-28-10-12-32)31-25(22)33(26(35)24(16)17(2)34)23-14-18-3-4-19(23)13-18/h5-8,15,18-19,23,28H,3-4,9-14H2,1-2H3,(H,29,30,31). The lowest BCUT2D eigenvalue weighted by Gasteiger charge is -2.29. The number of piperazine rings is 1. The number of ketones is 1. The van der Waals surface area contributed by atoms with Crippen LogP contribution in [0.15, 0.2) is 35.3 Å². The second-order valence-electron chi connectivity index (χ2n) is 10.3. The Morgan fingerprint density at radius 2 is 1.89 bits per heavy atom. The number of hydrogen-bond donors (Lipinski definition) is 2. The summed E-state index contributed by atoms with van der Waals surface area (Å²) >= 11 is 0. The highest BCUT2D eigenvalue weighted by atomic mass is 16.1. The molecule has 2 saturated carbocycles. The molecule has 3 aromatic rings. The third-order valence-corrected chi connectivity index (χ3v) is 8.20. The number of nitrogens with one attached hydrogen (secondary N) is 2. The number of Topliss-reactive ketones (excluding diaryl/α,β-unsaturated/α-hetero) is 1. The maximum absolute atomic E-state index is 13.6. The maximum atomic E-state index is 13.6. The summed E-state index contributed by atoms with van der Waals surface area (Å²) in [4.78, 5) is 37.8. The summed E-state index contributed by atoms with van der Waals surface area (Å²) in [5, 5.41) is 7.47. The number of carbonyl (C=O) groups excluding carboxylic acids is 1. The van der Waals surface area contributed by atoms with E-state index in [9.17, 15) is 9.59 Å². The molecule has 0 amide bonds. The summed E-state index contributed by atoms with van der Waals surface area (Å²) in [5.74, 6) is 1.41. The fraction of sp³-hybridized carbons (Fsp3) is 0.481. The van der Waals surface area contributed by atoms with Gasteiger partial charge in [-0.2, -0.15) is 4.98 Å². The van der Waals surface area contributed by atoms with Gasteiger partial charge in [-0.25, -0.2) is 4.98 Å². The molecule has 3 heterocycles. The number of aryl methyl sites for hydroxylation is 1. The van der Waals surface area contributed by atoms with Crippen LogP contribution in [0.3, 0.4) is 0 Å². The third-order valence-electron chi connectivity index (χ3n) is 8.20. The lowest BCUT2D eigenvalue weighted by Crippen LogP contribution is -2.43. The number of benzene rings is 1. The Morgan fingerprint density at radius 3 is 2.54 bits per heavy atom. The number of aromatic nitrogens is 3. The summed E-state index contributed by atoms with van der Waals surface area (Å²) in [5.41, 5.74) is 3.47. The zero-order valence-electron chi connectivity index (χ0n) is 20.4. The largest absolute Gasteiger partial charge is 0.369 e. The first-order valence-corrected chi connectivity index (χ1v) is 12.7. The van der Waals surface area contributed by atoms with Crippen molar-refractivity contribution in [2.45, 2.75) is 45.6 Å². The van der Waals surface area contributed by atoms with E-state index >= 15 is 0 Å². The van der Waals surface area contributed by atoms with Crippen LogP contribution in [-0.4, -0.2) is 46.5 Å². The van der Waals surface area contributed by atoms with Crippen LogP contribution in [0.2, 0.25) is 0 Å². The van der Waals surface area contributed by atoms with Gasteiger partial charge in [0.1, 0.15) is 5.65 Å². The molecule has 2 aliphatic carbocycles. The van der Waals surface area contributed by atoms with Crippen molar-refractivity contribution in [1.82, 2.24) is 19.9 Å². The van der Waals surface area contributed by atoms with Crippen molar-refractivity contribution in [3.8, 4) is 0 Å². The van der Waals surface area contributed by atoms with Gasteiger partial charge in [0.05, 0.1) is 5.56 Å². The fourth-order valence-electron chi connectivity index (χ4n) is 6.45. The summed E-state index contributed by atoms with van der Waals surface area (Å²) in [6.45, 7) is 7.31. The highest BCUT2D eigenvalue weighted by molar-refractivity contribution is 5.99. The lowest BCUT2D eigenvalue weighted by atomic mass is 9.94. The third kappa shape index (κ3) is 3.89. The molecular formula is C27H32N6O2. The molecule has 2 N–H and O–H groups in total. The number of carbonyl (C=O) groups is 1. The zero-order valence-corrected chi connectivity index (χ0v) is 20.4. The van der Waals surface area contributed by atoms with Crippen molar-refractivity contribution in [2.24, 2.45) is 11.8 Å². The van der Waals surface area contributed by atoms with E-state index in [1.165, 1.54) is 19.0 Å². The van der Waals surface area contributed by atoms with Crippen LogP contribution >= 0.6 is 0 Å². The Hall–Kier alpha value is -3.26. The Bertz CT molecular complexity index is 1340. The molecule has 6 rings (SSSR count). The molecule has 3 aliphatic rings. The van der Waals surface area contributed by atoms with E-state index in [0.29, 0.717) is 29.0 Å². The minimum absolute atomic E-state index is 0.100. The molecule has 3 atom stereocenters. The van der Waals surface area contributed by atoms with Gasteiger partial charge in [0.25, 0.3) is 5.56 Å². The van der Waals surface area contributed by atoms with Gasteiger partial charge in [0.2, 0.25) is 5.95 Å². The molecule has 1 saturated heterocycles. The van der Waals surface area contributed by atoms with Crippen LogP contribution in [0.1, 0.15) is 54.6 Å². The van der Waals surface area contributed by atoms with Crippen LogP contribution in [-0.2, 0) is 0 Å². The minimum Gasteiger partial charge on any atom is -0.369 e. The molecule has 3 unspecified atom stereocenters. The lowest BCUT2D eigenvalue weighted by molar-refractivity contribution is 0.101. The van der Waals surface area contributed by atoms with E-state index in [1.807, 2.05) is 23.6 Å². The summed E-state index contributed by atoms with van der Waals surface area (Å²) in [6.07, 6.45) is 6.29. The van der Waals surface area contributed by atoms with E-state index < -0.39 is 0 Å². The van der Waals surface area contributed by atoms with Gasteiger partial charge in [0.15, 0.2) is 5.78 Å². The second-order valence-corrected chi connectivity index (χ2v) is 10.3. The van der Waals surface area contributed by atoms with Gasteiger partial charge in [-0.15, -0.1) is 0 Å². The number of fused-ring (bicyclic) bond motifs is 3. The minimum atomic E-state index is -0.204. The quantitative estimate of drug-likeness (QED) is 0.546. The number of rotatable bonds is 5. The van der Waals surface area contributed by atoms with Crippen molar-refractivity contribution in [3.05, 3.63) is 51.9 Å². The van der Waals surface area contributed by atoms with Gasteiger partial charge in [0, 0.05) is 55.2 Å². The van der Waals surface area contributed by atoms with Gasteiger partial charge in [-0.1, -0.05) is 6.42 Å². The average molecular weight is 473 g/mol. The van der Waals surface area contributed by atoms with Crippen molar-refractivity contribution < 1.29 is 4.79 Å². The molecule has 1 aromatic carbocycles. The molecule has 8 nitrogen and oxygen atoms in total. The maximum Gasteiger partial charge on any atom is 0.263 e. The van der Waals surface area contributed by atoms with Gasteiger partial charge < -0.3 is 15.5 Å². The molecule has 3 fully saturated rings. The predicted molar refractivity (Wildman–Crippen MR) is 138 cm³/mol. The summed E-state index contributed by atoms with van der Waals surface area (Å²) in [7, 11) is 0. The van der Waals surface area contributed by atoms with Gasteiger partial charge >= 0.3 is 0 Å². The van der Waals surface area contributed by atoms with Crippen molar-refractivity contribution in [2.75, 3.05) is 36.4 Å². The first kappa shape index (κ1) is 22.2. The van der Waals surface area contributed by atoms with Gasteiger partial charge in [-0.3, -0.25) is 14.2 Å². The monoisotopic (exact) mass is 472 g/mol. The fourth-order valence-corrected chi connectivity index (χ4v) is 6.45. The molecule has 35 heavy (non-hydrogen) atoms. The molecule has 182 valence electrons. The second kappa shape index (κ2) is 8.75. The summed E-state index contributed by atoms with van der Waals surface area (Å²) in [6, 6.07) is 8.41. The predicted octanol–water partition coefficient (Wildman–Crippen LogP) is 3.82. The number of hydrogen-bond acceptors (Lipinski definition) is 7. The van der Waals surface area contributed by atoms with E-state index in [2.05, 4.69) is 32.7 Å². The topological polar surface area (TPSA) is 92.2 Å². The van der Waals surface area contributed by atoms with Crippen molar-refractivity contribution in [1.29, 1.82) is 0 Å². The summed E-state index contributed by atoms with van der Waals surface area (Å²) < 4.78 is 1.82. The number of anilines is 3. The van der Waals surface area contributed by atoms with E-state index in [4.69, 9.17) is 4.98 Å². The molecule has 0 spiro atoms. The smallest absolute Gasteiger partial charge is 0.263 e. The number of pyridine rings is 1. The zero-order chi connectivity index (χ0) is 24.1. The SMILES string of the molecule is CC(=O)c1c(C)c2cnc(Nc3ccc(N4CCNCC4)cc3)nc2n(C2CC3CCC2C3)c1=O. The van der Waals surface area contributed by atoms with Crippen LogP contribution in [0.4, 0.5) is 17.3 Å². The van der Waals surface area contributed by atoms with Crippen LogP contribution < -0.4 is 21.1 Å². The molecule has 8 heteroatoms. The Balaban J connectivity index is 1.38. The number of nitrogens with zero attached hydrogens (tertiary/aromatic N) is 4. The molecule has 1 aliphatic heterocycles. The highest BCUT2D eigenvalue weighted by Crippen LogP contribution is 2.50. The first-order chi connectivity index (χ1) is 17.0. The van der Waals surface area contributed by atoms with Crippen LogP contribution in [0.5, 0.6) is 0 Å². The van der Waals surface area contributed by atoms with Crippen molar-refractivity contribution >= 4 is 34.1 Å². The molecule has 0 radical (unpaired) electrons. The van der Waals surface area contributed by atoms with E-state index in [-0.39, 0.29) is 22.9 Å². The molecule has 2 bridgehead atoms. The Morgan fingerprint density at radius 1 is 1.11 bits per heavy atom. The van der Waals surface area contributed by atoms with E-state index in [1.54, 1.807) is 6.20 Å². The van der Waals surface area contributed by atoms with E-state index in [0.717, 1.165) is 56.5 Å². The normalized spacial score (nSPS) is 23.7. The van der Waals surface area contributed by atoms with Crippen LogP contribution in [0.25, 0.3) is 11.0 Å². The van der Waals surface area contributed by atoms with Crippen LogP contribution in [0, 0.1) is 18.8 Å². The van der Waals surface area contributed by atoms with Crippen molar-refractivity contribution in [3.63, 3.8) is 0 Å². The van der Waals surface area contributed by atoms with Gasteiger partial charge in [-0.05, 0) is 74.8 Å². The molecular weight excluding hydrogens is 440 g/mol.